The number of ether oxygens (including phenoxy) is 1. The first kappa shape index (κ1) is 13.7. The number of hydrogen-bond donors (Lipinski definition) is 2. The summed E-state index contributed by atoms with van der Waals surface area (Å²) in [5.41, 5.74) is 5.44. The van der Waals surface area contributed by atoms with Crippen LogP contribution in [0.25, 0.3) is 0 Å². The molecule has 0 unspecified atom stereocenters. The molecular weight excluding hydrogens is 216 g/mol. The molecular formula is C12H22N4O. The molecule has 0 spiro atoms. The summed E-state index contributed by atoms with van der Waals surface area (Å²) in [5, 5.41) is 3.25. The lowest BCUT2D eigenvalue weighted by molar-refractivity contribution is 0.232. The Hall–Kier alpha value is -1.36. The summed E-state index contributed by atoms with van der Waals surface area (Å²) in [6.45, 7) is 8.70. The fourth-order valence-corrected chi connectivity index (χ4v) is 1.44. The van der Waals surface area contributed by atoms with Gasteiger partial charge in [0.1, 0.15) is 0 Å². The van der Waals surface area contributed by atoms with Crippen LogP contribution < -0.4 is 15.8 Å². The predicted octanol–water partition coefficient (Wildman–Crippen LogP) is 1.80. The van der Waals surface area contributed by atoms with Crippen LogP contribution in [0.5, 0.6) is 5.88 Å². The molecule has 0 fully saturated rings. The van der Waals surface area contributed by atoms with Crippen molar-refractivity contribution in [3.05, 3.63) is 12.3 Å². The average Bonchev–Trinajstić information content (AvgIpc) is 2.15. The van der Waals surface area contributed by atoms with Gasteiger partial charge in [0.25, 0.3) is 0 Å². The Kier molecular flexibility index (Phi) is 4.69. The Balaban J connectivity index is 2.71. The Bertz CT molecular complexity index is 352. The summed E-state index contributed by atoms with van der Waals surface area (Å²) in [4.78, 5) is 8.47. The van der Waals surface area contributed by atoms with Gasteiger partial charge in [0.15, 0.2) is 0 Å². The van der Waals surface area contributed by atoms with Crippen molar-refractivity contribution in [3.63, 3.8) is 0 Å². The van der Waals surface area contributed by atoms with Gasteiger partial charge >= 0.3 is 0 Å². The van der Waals surface area contributed by atoms with E-state index in [2.05, 4.69) is 29.1 Å². The van der Waals surface area contributed by atoms with Gasteiger partial charge in [-0.1, -0.05) is 0 Å². The lowest BCUT2D eigenvalue weighted by atomic mass is 10.0. The molecule has 5 nitrogen and oxygen atoms in total. The summed E-state index contributed by atoms with van der Waals surface area (Å²) in [5.74, 6) is 1.16. The van der Waals surface area contributed by atoms with Crippen LogP contribution in [-0.4, -0.2) is 28.2 Å². The third kappa shape index (κ3) is 4.99. The molecule has 96 valence electrons. The van der Waals surface area contributed by atoms with Gasteiger partial charge in [-0.3, -0.25) is 0 Å². The fourth-order valence-electron chi connectivity index (χ4n) is 1.44. The second-order valence-electron chi connectivity index (χ2n) is 4.93. The quantitative estimate of drug-likeness (QED) is 0.790. The molecule has 1 aromatic rings. The van der Waals surface area contributed by atoms with Crippen molar-refractivity contribution in [1.82, 2.24) is 9.97 Å². The van der Waals surface area contributed by atoms with Crippen LogP contribution in [0.15, 0.2) is 12.3 Å². The van der Waals surface area contributed by atoms with Crippen molar-refractivity contribution in [1.29, 1.82) is 0 Å². The van der Waals surface area contributed by atoms with Crippen molar-refractivity contribution >= 4 is 5.95 Å². The van der Waals surface area contributed by atoms with E-state index in [9.17, 15) is 0 Å². The zero-order chi connectivity index (χ0) is 12.9. The van der Waals surface area contributed by atoms with Crippen LogP contribution in [0.4, 0.5) is 5.95 Å². The van der Waals surface area contributed by atoms with Crippen LogP contribution in [0.2, 0.25) is 0 Å². The van der Waals surface area contributed by atoms with E-state index < -0.39 is 0 Å². The normalized spacial score (nSPS) is 11.6. The van der Waals surface area contributed by atoms with Gasteiger partial charge in [0.2, 0.25) is 11.8 Å². The van der Waals surface area contributed by atoms with E-state index in [0.29, 0.717) is 18.4 Å². The van der Waals surface area contributed by atoms with Crippen molar-refractivity contribution in [2.45, 2.75) is 45.8 Å². The minimum absolute atomic E-state index is 0.106. The van der Waals surface area contributed by atoms with E-state index in [0.717, 1.165) is 6.42 Å². The number of nitrogens with two attached hydrogens (primary N) is 1. The molecule has 0 bridgehead atoms. The first-order valence-electron chi connectivity index (χ1n) is 5.91. The summed E-state index contributed by atoms with van der Waals surface area (Å²) in [6.07, 6.45) is 2.65. The molecule has 0 aromatic carbocycles. The van der Waals surface area contributed by atoms with Gasteiger partial charge in [0.05, 0.1) is 6.10 Å². The Labute approximate surface area is 103 Å². The molecule has 0 aliphatic carbocycles. The molecule has 3 N–H and O–H groups in total. The first-order valence-corrected chi connectivity index (χ1v) is 5.91. The third-order valence-electron chi connectivity index (χ3n) is 2.21. The maximum Gasteiger partial charge on any atom is 0.226 e. The predicted molar refractivity (Wildman–Crippen MR) is 69.2 cm³/mol. The first-order chi connectivity index (χ1) is 7.93. The molecule has 0 saturated heterocycles. The highest BCUT2D eigenvalue weighted by atomic mass is 16.5. The van der Waals surface area contributed by atoms with Crippen LogP contribution in [0.3, 0.4) is 0 Å². The molecule has 0 atom stereocenters. The van der Waals surface area contributed by atoms with Crippen molar-refractivity contribution < 1.29 is 4.74 Å². The summed E-state index contributed by atoms with van der Waals surface area (Å²) < 4.78 is 5.51. The Morgan fingerprint density at radius 1 is 1.47 bits per heavy atom. The lowest BCUT2D eigenvalue weighted by Gasteiger charge is -2.25. The van der Waals surface area contributed by atoms with Gasteiger partial charge in [-0.05, 0) is 40.7 Å². The zero-order valence-electron chi connectivity index (χ0n) is 11.0. The van der Waals surface area contributed by atoms with E-state index in [1.54, 1.807) is 12.3 Å². The largest absolute Gasteiger partial charge is 0.475 e. The summed E-state index contributed by atoms with van der Waals surface area (Å²) in [7, 11) is 0. The Morgan fingerprint density at radius 3 is 2.76 bits per heavy atom. The molecule has 1 rings (SSSR count). The van der Waals surface area contributed by atoms with Gasteiger partial charge in [-0.2, -0.15) is 4.98 Å². The Morgan fingerprint density at radius 2 is 2.18 bits per heavy atom. The maximum atomic E-state index is 5.56. The molecule has 5 heteroatoms. The second-order valence-corrected chi connectivity index (χ2v) is 4.93. The smallest absolute Gasteiger partial charge is 0.226 e. The highest BCUT2D eigenvalue weighted by molar-refractivity contribution is 5.30. The standard InChI is InChI=1S/C12H22N4O/c1-9(2)17-10-5-8-14-11(15-10)16-12(3,4)6-7-13/h5,8-9H,6-7,13H2,1-4H3,(H,14,15,16). The lowest BCUT2D eigenvalue weighted by Crippen LogP contribution is -2.34. The zero-order valence-corrected chi connectivity index (χ0v) is 11.0. The third-order valence-corrected chi connectivity index (χ3v) is 2.21. The number of rotatable bonds is 6. The number of nitrogens with zero attached hydrogens (tertiary/aromatic N) is 2. The summed E-state index contributed by atoms with van der Waals surface area (Å²) >= 11 is 0. The number of aromatic nitrogens is 2. The molecule has 0 aliphatic heterocycles. The van der Waals surface area contributed by atoms with Crippen molar-refractivity contribution in [2.75, 3.05) is 11.9 Å². The van der Waals surface area contributed by atoms with Crippen molar-refractivity contribution in [2.24, 2.45) is 5.73 Å². The van der Waals surface area contributed by atoms with Gasteiger partial charge in [-0.25, -0.2) is 4.98 Å². The van der Waals surface area contributed by atoms with Crippen LogP contribution in [-0.2, 0) is 0 Å². The SMILES string of the molecule is CC(C)Oc1ccnc(NC(C)(C)CCN)n1. The average molecular weight is 238 g/mol. The molecule has 1 aromatic heterocycles. The molecule has 17 heavy (non-hydrogen) atoms. The maximum absolute atomic E-state index is 5.56. The number of nitrogens with one attached hydrogen (secondary N) is 1. The van der Waals surface area contributed by atoms with Crippen LogP contribution in [0, 0.1) is 0 Å². The van der Waals surface area contributed by atoms with Gasteiger partial charge in [-0.15, -0.1) is 0 Å². The monoisotopic (exact) mass is 238 g/mol. The highest BCUT2D eigenvalue weighted by Crippen LogP contribution is 2.16. The van der Waals surface area contributed by atoms with E-state index in [1.165, 1.54) is 0 Å². The van der Waals surface area contributed by atoms with Gasteiger partial charge in [0, 0.05) is 17.8 Å². The minimum atomic E-state index is -0.120. The van der Waals surface area contributed by atoms with Gasteiger partial charge < -0.3 is 15.8 Å². The summed E-state index contributed by atoms with van der Waals surface area (Å²) in [6, 6.07) is 1.75. The van der Waals surface area contributed by atoms with Crippen molar-refractivity contribution in [3.8, 4) is 5.88 Å². The van der Waals surface area contributed by atoms with E-state index >= 15 is 0 Å². The molecule has 0 radical (unpaired) electrons. The number of hydrogen-bond acceptors (Lipinski definition) is 5. The fraction of sp³-hybridized carbons (Fsp3) is 0.667. The second kappa shape index (κ2) is 5.82. The number of anilines is 1. The minimum Gasteiger partial charge on any atom is -0.475 e. The van der Waals surface area contributed by atoms with E-state index in [4.69, 9.17) is 10.5 Å². The molecule has 0 aliphatic rings. The van der Waals surface area contributed by atoms with E-state index in [1.807, 2.05) is 13.8 Å². The topological polar surface area (TPSA) is 73.1 Å². The highest BCUT2D eigenvalue weighted by Gasteiger charge is 2.17. The molecule has 0 amide bonds. The molecule has 0 saturated carbocycles. The van der Waals surface area contributed by atoms with Crippen LogP contribution >= 0.6 is 0 Å². The van der Waals surface area contributed by atoms with Crippen LogP contribution in [0.1, 0.15) is 34.1 Å². The van der Waals surface area contributed by atoms with E-state index in [-0.39, 0.29) is 11.6 Å². The molecule has 1 heterocycles.